The Morgan fingerprint density at radius 1 is 1.11 bits per heavy atom. The minimum Gasteiger partial charge on any atom is -0.484 e. The molecule has 6 nitrogen and oxygen atoms in total. The molecule has 1 aromatic carbocycles. The highest BCUT2D eigenvalue weighted by molar-refractivity contribution is 5.94. The second kappa shape index (κ2) is 8.74. The van der Waals surface area contributed by atoms with Crippen molar-refractivity contribution in [2.45, 2.75) is 58.2 Å². The van der Waals surface area contributed by atoms with Gasteiger partial charge in [0.25, 0.3) is 11.8 Å². The van der Waals surface area contributed by atoms with Crippen LogP contribution in [0.3, 0.4) is 0 Å². The number of ether oxygens (including phenoxy) is 2. The van der Waals surface area contributed by atoms with E-state index >= 15 is 0 Å². The van der Waals surface area contributed by atoms with Gasteiger partial charge in [-0.15, -0.1) is 0 Å². The second-order valence-electron chi connectivity index (χ2n) is 7.68. The number of hydrogen-bond donors (Lipinski definition) is 0. The Morgan fingerprint density at radius 3 is 2.41 bits per heavy atom. The van der Waals surface area contributed by atoms with Gasteiger partial charge >= 0.3 is 0 Å². The maximum Gasteiger partial charge on any atom is 0.260 e. The number of carbonyl (C=O) groups is 2. The Labute approximate surface area is 161 Å². The molecule has 27 heavy (non-hydrogen) atoms. The van der Waals surface area contributed by atoms with Crippen LogP contribution in [0.25, 0.3) is 0 Å². The van der Waals surface area contributed by atoms with Crippen LogP contribution in [0, 0.1) is 0 Å². The topological polar surface area (TPSA) is 59.1 Å². The van der Waals surface area contributed by atoms with Crippen LogP contribution < -0.4 is 4.74 Å². The van der Waals surface area contributed by atoms with Crippen molar-refractivity contribution in [2.24, 2.45) is 0 Å². The van der Waals surface area contributed by atoms with Crippen LogP contribution in [0.4, 0.5) is 0 Å². The first-order valence-corrected chi connectivity index (χ1v) is 9.90. The van der Waals surface area contributed by atoms with Gasteiger partial charge in [-0.3, -0.25) is 9.59 Å². The van der Waals surface area contributed by atoms with Crippen molar-refractivity contribution in [1.29, 1.82) is 0 Å². The molecule has 2 amide bonds. The summed E-state index contributed by atoms with van der Waals surface area (Å²) in [6, 6.07) is 7.56. The van der Waals surface area contributed by atoms with E-state index in [4.69, 9.17) is 9.47 Å². The third kappa shape index (κ3) is 4.80. The molecule has 2 saturated heterocycles. The van der Waals surface area contributed by atoms with E-state index in [9.17, 15) is 9.59 Å². The molecule has 0 aromatic heterocycles. The predicted octanol–water partition coefficient (Wildman–Crippen LogP) is 2.72. The van der Waals surface area contributed by atoms with Crippen molar-refractivity contribution in [1.82, 2.24) is 9.80 Å². The molecule has 0 bridgehead atoms. The lowest BCUT2D eigenvalue weighted by molar-refractivity contribution is -0.139. The van der Waals surface area contributed by atoms with Gasteiger partial charge < -0.3 is 19.3 Å². The molecule has 0 N–H and O–H groups in total. The summed E-state index contributed by atoms with van der Waals surface area (Å²) in [6.07, 6.45) is 3.33. The summed E-state index contributed by atoms with van der Waals surface area (Å²) in [5, 5.41) is 0. The summed E-state index contributed by atoms with van der Waals surface area (Å²) >= 11 is 0. The molecule has 1 aromatic rings. The molecular formula is C21H30N2O4. The lowest BCUT2D eigenvalue weighted by Crippen LogP contribution is -2.49. The molecule has 0 radical (unpaired) electrons. The zero-order chi connectivity index (χ0) is 19.4. The number of benzene rings is 1. The van der Waals surface area contributed by atoms with Crippen LogP contribution in [0.5, 0.6) is 5.75 Å². The molecule has 3 rings (SSSR count). The highest BCUT2D eigenvalue weighted by atomic mass is 16.5. The molecule has 6 heteroatoms. The first kappa shape index (κ1) is 19.7. The van der Waals surface area contributed by atoms with Crippen molar-refractivity contribution in [2.75, 3.05) is 26.3 Å². The standard InChI is InChI=1S/C21H30N2O4/c1-15-5-4-6-16(2)23(15)20(24)14-27-19-9-7-18(8-10-19)21(25)22-11-12-26-17(3)13-22/h7-10,15-17H,4-6,11-14H2,1-3H3. The van der Waals surface area contributed by atoms with E-state index in [1.54, 1.807) is 24.3 Å². The van der Waals surface area contributed by atoms with E-state index in [-0.39, 0.29) is 36.6 Å². The van der Waals surface area contributed by atoms with E-state index in [0.29, 0.717) is 31.0 Å². The predicted molar refractivity (Wildman–Crippen MR) is 103 cm³/mol. The van der Waals surface area contributed by atoms with Gasteiger partial charge in [0.05, 0.1) is 12.7 Å². The molecule has 0 aliphatic carbocycles. The summed E-state index contributed by atoms with van der Waals surface area (Å²) in [4.78, 5) is 28.9. The van der Waals surface area contributed by atoms with Crippen LogP contribution in [0.2, 0.25) is 0 Å². The number of hydrogen-bond acceptors (Lipinski definition) is 4. The van der Waals surface area contributed by atoms with E-state index in [2.05, 4.69) is 13.8 Å². The van der Waals surface area contributed by atoms with Crippen molar-refractivity contribution in [3.8, 4) is 5.75 Å². The lowest BCUT2D eigenvalue weighted by Gasteiger charge is -2.38. The number of carbonyl (C=O) groups excluding carboxylic acids is 2. The van der Waals surface area contributed by atoms with Crippen molar-refractivity contribution >= 4 is 11.8 Å². The van der Waals surface area contributed by atoms with Gasteiger partial charge in [0, 0.05) is 30.7 Å². The average Bonchev–Trinajstić information content (AvgIpc) is 2.66. The SMILES string of the molecule is CC1CN(C(=O)c2ccc(OCC(=O)N3C(C)CCCC3C)cc2)CCO1. The minimum atomic E-state index is 0.00347. The maximum absolute atomic E-state index is 12.6. The van der Waals surface area contributed by atoms with Gasteiger partial charge in [-0.25, -0.2) is 0 Å². The van der Waals surface area contributed by atoms with Crippen LogP contribution >= 0.6 is 0 Å². The number of likely N-dealkylation sites (tertiary alicyclic amines) is 1. The maximum atomic E-state index is 12.6. The van der Waals surface area contributed by atoms with Crippen LogP contribution in [-0.2, 0) is 9.53 Å². The average molecular weight is 374 g/mol. The fourth-order valence-corrected chi connectivity index (χ4v) is 4.01. The number of rotatable bonds is 4. The summed E-state index contributed by atoms with van der Waals surface area (Å²) in [7, 11) is 0. The molecule has 2 fully saturated rings. The zero-order valence-electron chi connectivity index (χ0n) is 16.5. The Morgan fingerprint density at radius 2 is 1.78 bits per heavy atom. The molecule has 2 heterocycles. The largest absolute Gasteiger partial charge is 0.484 e. The summed E-state index contributed by atoms with van der Waals surface area (Å²) in [5.41, 5.74) is 0.626. The summed E-state index contributed by atoms with van der Waals surface area (Å²) in [5.74, 6) is 0.633. The quantitative estimate of drug-likeness (QED) is 0.813. The molecule has 2 aliphatic rings. The Bertz CT molecular complexity index is 651. The van der Waals surface area contributed by atoms with Gasteiger partial charge in [-0.2, -0.15) is 0 Å². The highest BCUT2D eigenvalue weighted by Crippen LogP contribution is 2.23. The third-order valence-electron chi connectivity index (χ3n) is 5.47. The number of nitrogens with zero attached hydrogens (tertiary/aromatic N) is 2. The van der Waals surface area contributed by atoms with E-state index in [0.717, 1.165) is 12.8 Å². The number of morpholine rings is 1. The lowest BCUT2D eigenvalue weighted by atomic mass is 9.97. The van der Waals surface area contributed by atoms with Crippen molar-refractivity contribution in [3.63, 3.8) is 0 Å². The zero-order valence-corrected chi connectivity index (χ0v) is 16.5. The Hall–Kier alpha value is -2.08. The Balaban J connectivity index is 1.54. The van der Waals surface area contributed by atoms with E-state index in [1.807, 2.05) is 16.7 Å². The molecule has 0 saturated carbocycles. The Kier molecular flexibility index (Phi) is 6.37. The fourth-order valence-electron chi connectivity index (χ4n) is 4.01. The molecule has 3 unspecified atom stereocenters. The van der Waals surface area contributed by atoms with Gasteiger partial charge in [0.2, 0.25) is 0 Å². The third-order valence-corrected chi connectivity index (χ3v) is 5.47. The molecular weight excluding hydrogens is 344 g/mol. The second-order valence-corrected chi connectivity index (χ2v) is 7.68. The molecule has 0 spiro atoms. The molecule has 148 valence electrons. The summed E-state index contributed by atoms with van der Waals surface area (Å²) in [6.45, 7) is 7.99. The van der Waals surface area contributed by atoms with Gasteiger partial charge in [0.15, 0.2) is 6.61 Å². The first-order valence-electron chi connectivity index (χ1n) is 9.90. The van der Waals surface area contributed by atoms with E-state index < -0.39 is 0 Å². The fraction of sp³-hybridized carbons (Fsp3) is 0.619. The van der Waals surface area contributed by atoms with Gasteiger partial charge in [0.1, 0.15) is 5.75 Å². The summed E-state index contributed by atoms with van der Waals surface area (Å²) < 4.78 is 11.2. The van der Waals surface area contributed by atoms with E-state index in [1.165, 1.54) is 6.42 Å². The highest BCUT2D eigenvalue weighted by Gasteiger charge is 2.29. The smallest absolute Gasteiger partial charge is 0.260 e. The number of piperidine rings is 1. The molecule has 2 aliphatic heterocycles. The minimum absolute atomic E-state index is 0.00347. The normalized spacial score (nSPS) is 26.0. The van der Waals surface area contributed by atoms with Crippen molar-refractivity contribution in [3.05, 3.63) is 29.8 Å². The van der Waals surface area contributed by atoms with Crippen molar-refractivity contribution < 1.29 is 19.1 Å². The van der Waals surface area contributed by atoms with Gasteiger partial charge in [-0.1, -0.05) is 0 Å². The van der Waals surface area contributed by atoms with Gasteiger partial charge in [-0.05, 0) is 64.3 Å². The number of amides is 2. The monoisotopic (exact) mass is 374 g/mol. The van der Waals surface area contributed by atoms with Crippen LogP contribution in [0.15, 0.2) is 24.3 Å². The first-order chi connectivity index (χ1) is 13.0. The van der Waals surface area contributed by atoms with Crippen LogP contribution in [0.1, 0.15) is 50.4 Å². The molecule has 3 atom stereocenters. The van der Waals surface area contributed by atoms with Crippen LogP contribution in [-0.4, -0.2) is 66.1 Å².